The maximum absolute atomic E-state index is 5.96. The largest absolute Gasteiger partial charge is 0.492 e. The van der Waals surface area contributed by atoms with Crippen molar-refractivity contribution in [3.05, 3.63) is 23.3 Å². The van der Waals surface area contributed by atoms with E-state index in [1.165, 1.54) is 29.7 Å². The normalized spacial score (nSPS) is 24.0. The van der Waals surface area contributed by atoms with Gasteiger partial charge in [-0.05, 0) is 50.0 Å². The molecule has 2 N–H and O–H groups in total. The van der Waals surface area contributed by atoms with Crippen molar-refractivity contribution in [1.29, 1.82) is 0 Å². The number of nitrogens with one attached hydrogen (secondary N) is 2. The van der Waals surface area contributed by atoms with Gasteiger partial charge in [-0.2, -0.15) is 0 Å². The van der Waals surface area contributed by atoms with Gasteiger partial charge in [0.2, 0.25) is 0 Å². The molecule has 0 bridgehead atoms. The number of anilines is 1. The van der Waals surface area contributed by atoms with Gasteiger partial charge in [-0.1, -0.05) is 0 Å². The summed E-state index contributed by atoms with van der Waals surface area (Å²) >= 11 is 0. The zero-order chi connectivity index (χ0) is 11.3. The van der Waals surface area contributed by atoms with Crippen LogP contribution in [0, 0.1) is 0 Å². The highest BCUT2D eigenvalue weighted by Gasteiger charge is 2.42. The van der Waals surface area contributed by atoms with Crippen LogP contribution in [0.3, 0.4) is 0 Å². The first-order valence-electron chi connectivity index (χ1n) is 6.62. The molecule has 0 saturated carbocycles. The summed E-state index contributed by atoms with van der Waals surface area (Å²) in [7, 11) is 0. The quantitative estimate of drug-likeness (QED) is 0.711. The van der Waals surface area contributed by atoms with Crippen LogP contribution in [0.4, 0.5) is 5.69 Å². The summed E-state index contributed by atoms with van der Waals surface area (Å²) in [5.41, 5.74) is 4.51. The Balaban J connectivity index is 1.81. The van der Waals surface area contributed by atoms with E-state index in [4.69, 9.17) is 4.74 Å². The van der Waals surface area contributed by atoms with Crippen LogP contribution in [0.2, 0.25) is 0 Å². The minimum Gasteiger partial charge on any atom is -0.492 e. The monoisotopic (exact) mass is 230 g/mol. The summed E-state index contributed by atoms with van der Waals surface area (Å²) in [6, 6.07) is 4.62. The molecule has 3 heterocycles. The van der Waals surface area contributed by atoms with Gasteiger partial charge >= 0.3 is 0 Å². The van der Waals surface area contributed by atoms with Crippen molar-refractivity contribution < 1.29 is 4.74 Å². The standard InChI is InChI=1S/C14H18N2O/c1-4-16-12-8-11-13(7-10(1)12)17-9-14(11)2-5-15-6-3-14/h7-8,15-16H,1-6,9H2. The Morgan fingerprint density at radius 1 is 1.12 bits per heavy atom. The second-order valence-corrected chi connectivity index (χ2v) is 5.50. The van der Waals surface area contributed by atoms with Gasteiger partial charge in [0, 0.05) is 23.2 Å². The van der Waals surface area contributed by atoms with Crippen molar-refractivity contribution in [2.24, 2.45) is 0 Å². The van der Waals surface area contributed by atoms with Crippen molar-refractivity contribution >= 4 is 5.69 Å². The summed E-state index contributed by atoms with van der Waals surface area (Å²) in [4.78, 5) is 0. The van der Waals surface area contributed by atoms with E-state index in [2.05, 4.69) is 22.8 Å². The molecule has 1 fully saturated rings. The zero-order valence-corrected chi connectivity index (χ0v) is 10.0. The molecule has 3 aliphatic heterocycles. The Kier molecular flexibility index (Phi) is 1.95. The maximum atomic E-state index is 5.96. The van der Waals surface area contributed by atoms with Crippen LogP contribution in [-0.4, -0.2) is 26.2 Å². The van der Waals surface area contributed by atoms with Crippen LogP contribution in [0.5, 0.6) is 5.75 Å². The molecule has 3 aliphatic rings. The van der Waals surface area contributed by atoms with Crippen molar-refractivity contribution in [2.75, 3.05) is 31.6 Å². The average Bonchev–Trinajstić information content (AvgIpc) is 2.94. The summed E-state index contributed by atoms with van der Waals surface area (Å²) in [6.07, 6.45) is 3.55. The lowest BCUT2D eigenvalue weighted by molar-refractivity contribution is 0.220. The molecule has 1 aromatic rings. The Bertz CT molecular complexity index is 464. The first kappa shape index (κ1) is 9.77. The molecule has 0 aliphatic carbocycles. The second-order valence-electron chi connectivity index (χ2n) is 5.50. The number of hydrogen-bond donors (Lipinski definition) is 2. The number of fused-ring (bicyclic) bond motifs is 3. The molecule has 3 heteroatoms. The van der Waals surface area contributed by atoms with Crippen LogP contribution in [0.15, 0.2) is 12.1 Å². The molecule has 90 valence electrons. The van der Waals surface area contributed by atoms with Gasteiger partial charge in [-0.25, -0.2) is 0 Å². The van der Waals surface area contributed by atoms with Crippen LogP contribution >= 0.6 is 0 Å². The zero-order valence-electron chi connectivity index (χ0n) is 10.0. The molecule has 17 heavy (non-hydrogen) atoms. The van der Waals surface area contributed by atoms with Gasteiger partial charge < -0.3 is 15.4 Å². The fraction of sp³-hybridized carbons (Fsp3) is 0.571. The summed E-state index contributed by atoms with van der Waals surface area (Å²) in [5.74, 6) is 1.15. The lowest BCUT2D eigenvalue weighted by Gasteiger charge is -2.32. The minimum atomic E-state index is 0.292. The molecular weight excluding hydrogens is 212 g/mol. The lowest BCUT2D eigenvalue weighted by Crippen LogP contribution is -2.40. The number of hydrogen-bond acceptors (Lipinski definition) is 3. The summed E-state index contributed by atoms with van der Waals surface area (Å²) < 4.78 is 5.96. The minimum absolute atomic E-state index is 0.292. The van der Waals surface area contributed by atoms with E-state index in [0.717, 1.165) is 38.4 Å². The first-order valence-corrected chi connectivity index (χ1v) is 6.62. The smallest absolute Gasteiger partial charge is 0.123 e. The summed E-state index contributed by atoms with van der Waals surface area (Å²) in [6.45, 7) is 4.19. The highest BCUT2D eigenvalue weighted by Crippen LogP contribution is 2.47. The Hall–Kier alpha value is -1.22. The SMILES string of the molecule is c1c2c(cc3c1OCC31CCNCC1)NCC2. The highest BCUT2D eigenvalue weighted by molar-refractivity contribution is 5.63. The third kappa shape index (κ3) is 1.32. The predicted octanol–water partition coefficient (Wildman–Crippen LogP) is 1.67. The van der Waals surface area contributed by atoms with Crippen LogP contribution in [-0.2, 0) is 11.8 Å². The maximum Gasteiger partial charge on any atom is 0.123 e. The fourth-order valence-corrected chi connectivity index (χ4v) is 3.47. The Morgan fingerprint density at radius 3 is 2.88 bits per heavy atom. The average molecular weight is 230 g/mol. The number of rotatable bonds is 0. The predicted molar refractivity (Wildman–Crippen MR) is 67.9 cm³/mol. The van der Waals surface area contributed by atoms with E-state index < -0.39 is 0 Å². The van der Waals surface area contributed by atoms with E-state index in [1.807, 2.05) is 0 Å². The molecule has 0 radical (unpaired) electrons. The van der Waals surface area contributed by atoms with Crippen molar-refractivity contribution in [1.82, 2.24) is 5.32 Å². The van der Waals surface area contributed by atoms with Crippen LogP contribution < -0.4 is 15.4 Å². The van der Waals surface area contributed by atoms with E-state index in [0.29, 0.717) is 5.41 Å². The van der Waals surface area contributed by atoms with Crippen LogP contribution in [0.25, 0.3) is 0 Å². The number of benzene rings is 1. The van der Waals surface area contributed by atoms with Crippen LogP contribution in [0.1, 0.15) is 24.0 Å². The molecule has 1 aromatic carbocycles. The molecule has 1 saturated heterocycles. The lowest BCUT2D eigenvalue weighted by atomic mass is 9.74. The van der Waals surface area contributed by atoms with E-state index in [-0.39, 0.29) is 0 Å². The van der Waals surface area contributed by atoms with E-state index in [1.54, 1.807) is 0 Å². The van der Waals surface area contributed by atoms with Crippen molar-refractivity contribution in [3.63, 3.8) is 0 Å². The van der Waals surface area contributed by atoms with E-state index in [9.17, 15) is 0 Å². The molecule has 0 aromatic heterocycles. The third-order valence-corrected chi connectivity index (χ3v) is 4.55. The number of piperidine rings is 1. The van der Waals surface area contributed by atoms with Crippen molar-refractivity contribution in [2.45, 2.75) is 24.7 Å². The van der Waals surface area contributed by atoms with Gasteiger partial charge in [0.15, 0.2) is 0 Å². The molecule has 0 atom stereocenters. The third-order valence-electron chi connectivity index (χ3n) is 4.55. The number of ether oxygens (including phenoxy) is 1. The molecule has 1 spiro atoms. The summed E-state index contributed by atoms with van der Waals surface area (Å²) in [5, 5.41) is 6.93. The van der Waals surface area contributed by atoms with Gasteiger partial charge in [0.1, 0.15) is 5.75 Å². The van der Waals surface area contributed by atoms with Gasteiger partial charge in [0.25, 0.3) is 0 Å². The molecule has 4 rings (SSSR count). The Labute approximate surface area is 102 Å². The van der Waals surface area contributed by atoms with Gasteiger partial charge in [-0.3, -0.25) is 0 Å². The second kappa shape index (κ2) is 3.39. The van der Waals surface area contributed by atoms with Gasteiger partial charge in [0.05, 0.1) is 6.61 Å². The first-order chi connectivity index (χ1) is 8.37. The highest BCUT2D eigenvalue weighted by atomic mass is 16.5. The topological polar surface area (TPSA) is 33.3 Å². The van der Waals surface area contributed by atoms with Crippen molar-refractivity contribution in [3.8, 4) is 5.75 Å². The van der Waals surface area contributed by atoms with Gasteiger partial charge in [-0.15, -0.1) is 0 Å². The molecule has 0 unspecified atom stereocenters. The molecule has 0 amide bonds. The fourth-order valence-electron chi connectivity index (χ4n) is 3.47. The molecule has 3 nitrogen and oxygen atoms in total. The molecular formula is C14H18N2O. The van der Waals surface area contributed by atoms with E-state index >= 15 is 0 Å². The Morgan fingerprint density at radius 2 is 2.00 bits per heavy atom.